The second-order valence-corrected chi connectivity index (χ2v) is 2.54. The van der Waals surface area contributed by atoms with Crippen molar-refractivity contribution >= 4 is 17.7 Å². The van der Waals surface area contributed by atoms with Gasteiger partial charge in [-0.2, -0.15) is 0 Å². The predicted octanol–water partition coefficient (Wildman–Crippen LogP) is 1.83. The van der Waals surface area contributed by atoms with Crippen molar-refractivity contribution in [1.29, 1.82) is 0 Å². The van der Waals surface area contributed by atoms with E-state index in [9.17, 15) is 4.79 Å². The minimum atomic E-state index is -0.933. The fraction of sp³-hybridized carbons (Fsp3) is 0.100. The molecule has 0 saturated heterocycles. The molecular formula is C10H11NO2. The Kier molecular flexibility index (Phi) is 3.09. The van der Waals surface area contributed by atoms with Gasteiger partial charge in [0.1, 0.15) is 0 Å². The number of hydrogen-bond acceptors (Lipinski definition) is 2. The van der Waals surface area contributed by atoms with Gasteiger partial charge in [-0.1, -0.05) is 12.1 Å². The van der Waals surface area contributed by atoms with E-state index >= 15 is 0 Å². The average molecular weight is 177 g/mol. The molecule has 0 spiro atoms. The van der Waals surface area contributed by atoms with Gasteiger partial charge >= 0.3 is 5.97 Å². The lowest BCUT2D eigenvalue weighted by Crippen LogP contribution is -1.87. The smallest absolute Gasteiger partial charge is 0.328 e. The van der Waals surface area contributed by atoms with Crippen LogP contribution in [0.3, 0.4) is 0 Å². The summed E-state index contributed by atoms with van der Waals surface area (Å²) in [6, 6.07) is 7.49. The molecule has 0 bridgehead atoms. The second-order valence-electron chi connectivity index (χ2n) is 2.54. The Labute approximate surface area is 76.7 Å². The molecule has 0 aliphatic rings. The van der Waals surface area contributed by atoms with E-state index < -0.39 is 5.97 Å². The van der Waals surface area contributed by atoms with E-state index in [4.69, 9.17) is 5.11 Å². The van der Waals surface area contributed by atoms with Crippen molar-refractivity contribution in [2.45, 2.75) is 0 Å². The molecule has 13 heavy (non-hydrogen) atoms. The molecule has 1 aromatic carbocycles. The minimum Gasteiger partial charge on any atom is -0.478 e. The molecule has 2 N–H and O–H groups in total. The van der Waals surface area contributed by atoms with E-state index in [0.717, 1.165) is 17.3 Å². The Hall–Kier alpha value is -1.77. The van der Waals surface area contributed by atoms with Crippen LogP contribution in [-0.2, 0) is 4.79 Å². The van der Waals surface area contributed by atoms with Crippen molar-refractivity contribution in [3.8, 4) is 0 Å². The van der Waals surface area contributed by atoms with E-state index in [0.29, 0.717) is 0 Å². The fourth-order valence-corrected chi connectivity index (χ4v) is 0.928. The van der Waals surface area contributed by atoms with E-state index in [2.05, 4.69) is 5.32 Å². The average Bonchev–Trinajstić information content (AvgIpc) is 2.15. The number of aliphatic carboxylic acids is 1. The van der Waals surface area contributed by atoms with Gasteiger partial charge in [0, 0.05) is 18.8 Å². The van der Waals surface area contributed by atoms with Gasteiger partial charge in [-0.05, 0) is 23.8 Å². The van der Waals surface area contributed by atoms with E-state index in [-0.39, 0.29) is 0 Å². The van der Waals surface area contributed by atoms with Crippen LogP contribution in [-0.4, -0.2) is 18.1 Å². The molecule has 3 heteroatoms. The highest BCUT2D eigenvalue weighted by Gasteiger charge is 1.90. The summed E-state index contributed by atoms with van der Waals surface area (Å²) in [5.74, 6) is -0.933. The topological polar surface area (TPSA) is 49.3 Å². The maximum absolute atomic E-state index is 10.2. The third kappa shape index (κ3) is 2.99. The van der Waals surface area contributed by atoms with Gasteiger partial charge in [0.15, 0.2) is 0 Å². The van der Waals surface area contributed by atoms with Crippen LogP contribution in [0, 0.1) is 0 Å². The normalized spacial score (nSPS) is 10.2. The molecule has 1 rings (SSSR count). The number of rotatable bonds is 3. The maximum Gasteiger partial charge on any atom is 0.328 e. The summed E-state index contributed by atoms with van der Waals surface area (Å²) < 4.78 is 0. The number of carbonyl (C=O) groups is 1. The molecule has 0 heterocycles. The predicted molar refractivity (Wildman–Crippen MR) is 52.7 cm³/mol. The van der Waals surface area contributed by atoms with E-state index in [1.165, 1.54) is 0 Å². The van der Waals surface area contributed by atoms with Crippen LogP contribution < -0.4 is 5.32 Å². The van der Waals surface area contributed by atoms with Crippen molar-refractivity contribution in [2.24, 2.45) is 0 Å². The molecule has 0 radical (unpaired) electrons. The summed E-state index contributed by atoms with van der Waals surface area (Å²) in [6.45, 7) is 0. The first kappa shape index (κ1) is 9.32. The van der Waals surface area contributed by atoms with Crippen molar-refractivity contribution in [1.82, 2.24) is 0 Å². The molecule has 0 aliphatic carbocycles. The molecule has 0 aliphatic heterocycles. The zero-order valence-corrected chi connectivity index (χ0v) is 7.32. The number of hydrogen-bond donors (Lipinski definition) is 2. The molecule has 0 amide bonds. The zero-order chi connectivity index (χ0) is 9.68. The van der Waals surface area contributed by atoms with E-state index in [1.54, 1.807) is 6.08 Å². The van der Waals surface area contributed by atoms with Crippen molar-refractivity contribution in [3.63, 3.8) is 0 Å². The van der Waals surface area contributed by atoms with Gasteiger partial charge in [-0.3, -0.25) is 0 Å². The fourth-order valence-electron chi connectivity index (χ4n) is 0.928. The highest BCUT2D eigenvalue weighted by molar-refractivity contribution is 5.85. The number of carboxylic acid groups (broad SMARTS) is 1. The van der Waals surface area contributed by atoms with Crippen LogP contribution >= 0.6 is 0 Å². The molecule has 0 unspecified atom stereocenters. The second kappa shape index (κ2) is 4.30. The number of benzene rings is 1. The van der Waals surface area contributed by atoms with Crippen molar-refractivity contribution in [3.05, 3.63) is 35.9 Å². The summed E-state index contributed by atoms with van der Waals surface area (Å²) in [6.07, 6.45) is 2.68. The number of nitrogens with one attached hydrogen (secondary N) is 1. The quantitative estimate of drug-likeness (QED) is 0.692. The third-order valence-corrected chi connectivity index (χ3v) is 1.62. The standard InChI is InChI=1S/C10H11NO2/c1-11-9-5-2-8(3-6-9)4-7-10(12)13/h2-7,11H,1H3,(H,12,13)/b7-4+. The lowest BCUT2D eigenvalue weighted by atomic mass is 10.2. The Balaban J connectivity index is 2.75. The van der Waals surface area contributed by atoms with Gasteiger partial charge in [0.05, 0.1) is 0 Å². The molecule has 0 saturated carbocycles. The molecule has 0 aromatic heterocycles. The Morgan fingerprint density at radius 3 is 2.46 bits per heavy atom. The molecular weight excluding hydrogens is 166 g/mol. The SMILES string of the molecule is CNc1ccc(/C=C/C(=O)O)cc1. The summed E-state index contributed by atoms with van der Waals surface area (Å²) in [4.78, 5) is 10.2. The van der Waals surface area contributed by atoms with Crippen LogP contribution in [0.2, 0.25) is 0 Å². The Morgan fingerprint density at radius 1 is 1.38 bits per heavy atom. The third-order valence-electron chi connectivity index (χ3n) is 1.62. The zero-order valence-electron chi connectivity index (χ0n) is 7.32. The molecule has 68 valence electrons. The van der Waals surface area contributed by atoms with E-state index in [1.807, 2.05) is 31.3 Å². The van der Waals surface area contributed by atoms with Crippen LogP contribution in [0.15, 0.2) is 30.3 Å². The van der Waals surface area contributed by atoms with Crippen LogP contribution in [0.25, 0.3) is 6.08 Å². The maximum atomic E-state index is 10.2. The molecule has 1 aromatic rings. The first-order valence-corrected chi connectivity index (χ1v) is 3.91. The highest BCUT2D eigenvalue weighted by Crippen LogP contribution is 2.09. The van der Waals surface area contributed by atoms with Gasteiger partial charge < -0.3 is 10.4 Å². The lowest BCUT2D eigenvalue weighted by Gasteiger charge is -1.98. The number of anilines is 1. The Bertz CT molecular complexity index is 314. The van der Waals surface area contributed by atoms with Gasteiger partial charge in [0.25, 0.3) is 0 Å². The summed E-state index contributed by atoms with van der Waals surface area (Å²) in [5.41, 5.74) is 1.88. The Morgan fingerprint density at radius 2 is 2.00 bits per heavy atom. The molecule has 3 nitrogen and oxygen atoms in total. The molecule has 0 atom stereocenters. The van der Waals surface area contributed by atoms with Gasteiger partial charge in [0.2, 0.25) is 0 Å². The van der Waals surface area contributed by atoms with Gasteiger partial charge in [-0.25, -0.2) is 4.79 Å². The first-order valence-electron chi connectivity index (χ1n) is 3.91. The van der Waals surface area contributed by atoms with Gasteiger partial charge in [-0.15, -0.1) is 0 Å². The highest BCUT2D eigenvalue weighted by atomic mass is 16.4. The summed E-state index contributed by atoms with van der Waals surface area (Å²) in [7, 11) is 1.84. The van der Waals surface area contributed by atoms with Crippen molar-refractivity contribution < 1.29 is 9.90 Å². The summed E-state index contributed by atoms with van der Waals surface area (Å²) >= 11 is 0. The lowest BCUT2D eigenvalue weighted by molar-refractivity contribution is -0.131. The van der Waals surface area contributed by atoms with Crippen LogP contribution in [0.4, 0.5) is 5.69 Å². The molecule has 0 fully saturated rings. The van der Waals surface area contributed by atoms with Crippen molar-refractivity contribution in [2.75, 3.05) is 12.4 Å². The van der Waals surface area contributed by atoms with Crippen LogP contribution in [0.5, 0.6) is 0 Å². The monoisotopic (exact) mass is 177 g/mol. The van der Waals surface area contributed by atoms with Crippen LogP contribution in [0.1, 0.15) is 5.56 Å². The summed E-state index contributed by atoms with van der Waals surface area (Å²) in [5, 5.41) is 11.4. The largest absolute Gasteiger partial charge is 0.478 e. The number of carboxylic acids is 1. The first-order chi connectivity index (χ1) is 6.22. The minimum absolute atomic E-state index is 0.876.